The average Bonchev–Trinajstić information content (AvgIpc) is 2.05. The van der Waals surface area contributed by atoms with Gasteiger partial charge in [0.2, 0.25) is 0 Å². The first-order valence-electron chi connectivity index (χ1n) is 4.90. The van der Waals surface area contributed by atoms with Gasteiger partial charge in [-0.2, -0.15) is 0 Å². The van der Waals surface area contributed by atoms with Gasteiger partial charge in [-0.05, 0) is 6.42 Å². The van der Waals surface area contributed by atoms with Gasteiger partial charge in [-0.25, -0.2) is 0 Å². The third-order valence-electron chi connectivity index (χ3n) is 1.91. The quantitative estimate of drug-likeness (QED) is 0.599. The SMILES string of the molecule is C#CC(CCCC)CNC(C)C. The zero-order valence-corrected chi connectivity index (χ0v) is 8.56. The molecule has 0 saturated heterocycles. The molecule has 70 valence electrons. The molecule has 1 N–H and O–H groups in total. The van der Waals surface area contributed by atoms with E-state index in [1.807, 2.05) is 0 Å². The molecule has 1 unspecified atom stereocenters. The number of unbranched alkanes of at least 4 members (excludes halogenated alkanes) is 1. The normalized spacial score (nSPS) is 12.9. The third kappa shape index (κ3) is 6.24. The van der Waals surface area contributed by atoms with Gasteiger partial charge in [0.15, 0.2) is 0 Å². The van der Waals surface area contributed by atoms with Gasteiger partial charge in [-0.1, -0.05) is 33.6 Å². The highest BCUT2D eigenvalue weighted by atomic mass is 14.9. The van der Waals surface area contributed by atoms with Crippen molar-refractivity contribution in [3.63, 3.8) is 0 Å². The Kier molecular flexibility index (Phi) is 6.90. The summed E-state index contributed by atoms with van der Waals surface area (Å²) in [7, 11) is 0. The molecule has 0 fully saturated rings. The smallest absolute Gasteiger partial charge is 0.0325 e. The molecule has 1 nitrogen and oxygen atoms in total. The Hall–Kier alpha value is -0.480. The molecule has 1 heteroatoms. The number of hydrogen-bond donors (Lipinski definition) is 1. The van der Waals surface area contributed by atoms with Crippen LogP contribution in [-0.4, -0.2) is 12.6 Å². The van der Waals surface area contributed by atoms with Gasteiger partial charge in [0.25, 0.3) is 0 Å². The Morgan fingerprint density at radius 2 is 2.08 bits per heavy atom. The molecule has 0 rings (SSSR count). The molecule has 12 heavy (non-hydrogen) atoms. The Labute approximate surface area is 76.9 Å². The summed E-state index contributed by atoms with van der Waals surface area (Å²) >= 11 is 0. The molecule has 0 aliphatic rings. The number of terminal acetylenes is 1. The van der Waals surface area contributed by atoms with Crippen LogP contribution in [0.25, 0.3) is 0 Å². The van der Waals surface area contributed by atoms with Crippen molar-refractivity contribution in [2.24, 2.45) is 5.92 Å². The van der Waals surface area contributed by atoms with E-state index in [-0.39, 0.29) is 0 Å². The lowest BCUT2D eigenvalue weighted by Crippen LogP contribution is -2.28. The van der Waals surface area contributed by atoms with E-state index in [9.17, 15) is 0 Å². The minimum atomic E-state index is 0.423. The molecule has 0 saturated carbocycles. The molecular formula is C11H21N. The van der Waals surface area contributed by atoms with Gasteiger partial charge in [0, 0.05) is 18.5 Å². The predicted octanol–water partition coefficient (Wildman–Crippen LogP) is 2.42. The molecule has 0 aliphatic carbocycles. The summed E-state index contributed by atoms with van der Waals surface area (Å²) in [6, 6.07) is 0.544. The fourth-order valence-electron chi connectivity index (χ4n) is 1.07. The lowest BCUT2D eigenvalue weighted by atomic mass is 10.0. The highest BCUT2D eigenvalue weighted by Gasteiger charge is 2.03. The lowest BCUT2D eigenvalue weighted by molar-refractivity contribution is 0.485. The highest BCUT2D eigenvalue weighted by Crippen LogP contribution is 2.06. The first-order valence-corrected chi connectivity index (χ1v) is 4.90. The van der Waals surface area contributed by atoms with Gasteiger partial charge in [0.1, 0.15) is 0 Å². The Morgan fingerprint density at radius 1 is 1.42 bits per heavy atom. The van der Waals surface area contributed by atoms with E-state index in [2.05, 4.69) is 32.0 Å². The van der Waals surface area contributed by atoms with E-state index in [1.54, 1.807) is 0 Å². The van der Waals surface area contributed by atoms with E-state index in [0.29, 0.717) is 12.0 Å². The number of nitrogens with one attached hydrogen (secondary N) is 1. The molecule has 1 atom stereocenters. The van der Waals surface area contributed by atoms with Crippen LogP contribution in [-0.2, 0) is 0 Å². The van der Waals surface area contributed by atoms with Crippen LogP contribution in [0.5, 0.6) is 0 Å². The molecule has 0 spiro atoms. The molecule has 0 amide bonds. The van der Waals surface area contributed by atoms with Crippen LogP contribution in [0.2, 0.25) is 0 Å². The van der Waals surface area contributed by atoms with Crippen LogP contribution >= 0.6 is 0 Å². The maximum atomic E-state index is 5.41. The van der Waals surface area contributed by atoms with Crippen molar-refractivity contribution in [1.29, 1.82) is 0 Å². The minimum Gasteiger partial charge on any atom is -0.313 e. The maximum absolute atomic E-state index is 5.41. The molecule has 0 aromatic heterocycles. The van der Waals surface area contributed by atoms with Crippen LogP contribution in [0.1, 0.15) is 40.0 Å². The summed E-state index contributed by atoms with van der Waals surface area (Å²) in [5.41, 5.74) is 0. The first-order chi connectivity index (χ1) is 5.70. The zero-order chi connectivity index (χ0) is 9.40. The van der Waals surface area contributed by atoms with E-state index in [0.717, 1.165) is 13.0 Å². The summed E-state index contributed by atoms with van der Waals surface area (Å²) < 4.78 is 0. The summed E-state index contributed by atoms with van der Waals surface area (Å²) in [6.07, 6.45) is 9.05. The maximum Gasteiger partial charge on any atom is 0.0325 e. The molecule has 0 bridgehead atoms. The van der Waals surface area contributed by atoms with Crippen LogP contribution in [0.3, 0.4) is 0 Å². The van der Waals surface area contributed by atoms with Gasteiger partial charge >= 0.3 is 0 Å². The molecule has 0 aliphatic heterocycles. The van der Waals surface area contributed by atoms with E-state index < -0.39 is 0 Å². The second-order valence-electron chi connectivity index (χ2n) is 3.57. The first kappa shape index (κ1) is 11.5. The molecule has 0 aromatic rings. The Balaban J connectivity index is 3.48. The molecular weight excluding hydrogens is 146 g/mol. The van der Waals surface area contributed by atoms with E-state index in [4.69, 9.17) is 6.42 Å². The van der Waals surface area contributed by atoms with Gasteiger partial charge in [0.05, 0.1) is 0 Å². The van der Waals surface area contributed by atoms with Crippen LogP contribution in [0.15, 0.2) is 0 Å². The fourth-order valence-corrected chi connectivity index (χ4v) is 1.07. The topological polar surface area (TPSA) is 12.0 Å². The standard InChI is InChI=1S/C11H21N/c1-5-7-8-11(6-2)9-12-10(3)4/h2,10-12H,5,7-9H2,1,3-4H3. The van der Waals surface area contributed by atoms with Crippen molar-refractivity contribution in [1.82, 2.24) is 5.32 Å². The zero-order valence-electron chi connectivity index (χ0n) is 8.56. The van der Waals surface area contributed by atoms with Crippen molar-refractivity contribution >= 4 is 0 Å². The average molecular weight is 167 g/mol. The van der Waals surface area contributed by atoms with Gasteiger partial charge < -0.3 is 5.32 Å². The van der Waals surface area contributed by atoms with Crippen molar-refractivity contribution in [2.45, 2.75) is 46.1 Å². The molecule has 0 aromatic carbocycles. The van der Waals surface area contributed by atoms with Crippen molar-refractivity contribution < 1.29 is 0 Å². The highest BCUT2D eigenvalue weighted by molar-refractivity contribution is 4.94. The number of rotatable bonds is 6. The summed E-state index contributed by atoms with van der Waals surface area (Å²) in [6.45, 7) is 7.46. The summed E-state index contributed by atoms with van der Waals surface area (Å²) in [5.74, 6) is 3.25. The predicted molar refractivity (Wildman–Crippen MR) is 55.0 cm³/mol. The molecule has 0 radical (unpaired) electrons. The Morgan fingerprint density at radius 3 is 2.50 bits per heavy atom. The van der Waals surface area contributed by atoms with Crippen LogP contribution in [0, 0.1) is 18.3 Å². The second-order valence-corrected chi connectivity index (χ2v) is 3.57. The van der Waals surface area contributed by atoms with Crippen molar-refractivity contribution in [2.75, 3.05) is 6.54 Å². The van der Waals surface area contributed by atoms with Crippen LogP contribution < -0.4 is 5.32 Å². The third-order valence-corrected chi connectivity index (χ3v) is 1.91. The van der Waals surface area contributed by atoms with Crippen molar-refractivity contribution in [3.05, 3.63) is 0 Å². The summed E-state index contributed by atoms with van der Waals surface area (Å²) in [5, 5.41) is 3.36. The van der Waals surface area contributed by atoms with E-state index in [1.165, 1.54) is 12.8 Å². The van der Waals surface area contributed by atoms with E-state index >= 15 is 0 Å². The van der Waals surface area contributed by atoms with Gasteiger partial charge in [-0.15, -0.1) is 12.3 Å². The lowest BCUT2D eigenvalue weighted by Gasteiger charge is -2.13. The minimum absolute atomic E-state index is 0.423. The Bertz CT molecular complexity index is 132. The number of hydrogen-bond acceptors (Lipinski definition) is 1. The monoisotopic (exact) mass is 167 g/mol. The van der Waals surface area contributed by atoms with Crippen LogP contribution in [0.4, 0.5) is 0 Å². The van der Waals surface area contributed by atoms with Gasteiger partial charge in [-0.3, -0.25) is 0 Å². The van der Waals surface area contributed by atoms with Crippen molar-refractivity contribution in [3.8, 4) is 12.3 Å². The second kappa shape index (κ2) is 7.18. The fraction of sp³-hybridized carbons (Fsp3) is 0.818. The largest absolute Gasteiger partial charge is 0.313 e. The summed E-state index contributed by atoms with van der Waals surface area (Å²) in [4.78, 5) is 0. The molecule has 0 heterocycles.